The van der Waals surface area contributed by atoms with E-state index in [1.54, 1.807) is 6.20 Å². The Kier molecular flexibility index (Phi) is 18.1. The normalized spacial score (nSPS) is 30.5. The smallest absolute Gasteiger partial charge is 0.335 e. The summed E-state index contributed by atoms with van der Waals surface area (Å²) in [5.41, 5.74) is 1.05. The number of ether oxygens (including phenoxy) is 3. The van der Waals surface area contributed by atoms with Crippen molar-refractivity contribution in [1.82, 2.24) is 14.9 Å². The molecule has 1 saturated carbocycles. The van der Waals surface area contributed by atoms with Gasteiger partial charge in [-0.15, -0.1) is 0 Å². The standard InChI is InChI=1S/C53H79F2N5O10/c1-6-9-19-35-21-16-18-23-53(32-58-24-26-69-27-25-58,34(7-2)20-15-13-11-10-12-14-17-22-52(35,4)48-46(64)44(62)45(63)47(70-48)50(65)66)39-28-36-42-33(30-56-49(36)57-39)31-60(51(67)59(42)8-3)43-40(54)37(61)29-38(68-5)41(43)55/h28-30,34-35,44-48,61-64H,6-27,31-32H2,1-5H3,(H,56,57)(H,65,66)/t34?,35?,44-,45-,46+,47-,48+,52-,53?/m1/s1. The molecule has 5 heterocycles. The summed E-state index contributed by atoms with van der Waals surface area (Å²) in [4.78, 5) is 40.6. The minimum atomic E-state index is -1.75. The van der Waals surface area contributed by atoms with Crippen molar-refractivity contribution in [1.29, 1.82) is 0 Å². The molecular formula is C53H79F2N5O10. The molecule has 3 aromatic rings. The van der Waals surface area contributed by atoms with E-state index >= 15 is 8.78 Å². The number of carboxylic acid groups (broad SMARTS) is 1. The lowest BCUT2D eigenvalue weighted by Gasteiger charge is -2.51. The number of unbranched alkanes of at least 4 members (excludes halogenated alkanes) is 1. The third kappa shape index (κ3) is 10.8. The number of fused-ring (bicyclic) bond motifs is 3. The Morgan fingerprint density at radius 1 is 0.900 bits per heavy atom. The number of benzene rings is 1. The van der Waals surface area contributed by atoms with Gasteiger partial charge in [-0.3, -0.25) is 14.7 Å². The number of methoxy groups -OCH3 is 1. The molecular weight excluding hydrogens is 905 g/mol. The number of morpholine rings is 1. The van der Waals surface area contributed by atoms with Gasteiger partial charge in [0.2, 0.25) is 0 Å². The van der Waals surface area contributed by atoms with Crippen molar-refractivity contribution >= 4 is 34.4 Å². The molecule has 3 aliphatic heterocycles. The number of pyridine rings is 1. The first-order chi connectivity index (χ1) is 33.6. The van der Waals surface area contributed by atoms with Crippen molar-refractivity contribution < 1.29 is 58.1 Å². The number of nitrogens with one attached hydrogen (secondary N) is 1. The van der Waals surface area contributed by atoms with Gasteiger partial charge in [0.25, 0.3) is 0 Å². The summed E-state index contributed by atoms with van der Waals surface area (Å²) in [6.07, 6.45) is 10.1. The lowest BCUT2D eigenvalue weighted by atomic mass is 9.62. The number of amides is 2. The van der Waals surface area contributed by atoms with E-state index in [9.17, 15) is 35.1 Å². The average molecular weight is 984 g/mol. The van der Waals surface area contributed by atoms with Crippen molar-refractivity contribution in [3.05, 3.63) is 41.2 Å². The Morgan fingerprint density at radius 3 is 2.24 bits per heavy atom. The van der Waals surface area contributed by atoms with Gasteiger partial charge in [-0.1, -0.05) is 97.8 Å². The van der Waals surface area contributed by atoms with Crippen molar-refractivity contribution in [3.63, 3.8) is 0 Å². The summed E-state index contributed by atoms with van der Waals surface area (Å²) in [7, 11) is 1.21. The van der Waals surface area contributed by atoms with Crippen LogP contribution in [-0.2, 0) is 26.2 Å². The van der Waals surface area contributed by atoms with Gasteiger partial charge < -0.3 is 44.7 Å². The number of aliphatic hydroxyl groups is 3. The van der Waals surface area contributed by atoms with E-state index in [-0.39, 0.29) is 24.9 Å². The number of phenolic OH excluding ortho intramolecular Hbond substituents is 1. The number of H-pyrrole nitrogens is 1. The molecule has 15 nitrogen and oxygen atoms in total. The Labute approximate surface area is 411 Å². The molecule has 0 bridgehead atoms. The largest absolute Gasteiger partial charge is 0.505 e. The van der Waals surface area contributed by atoms with Crippen LogP contribution < -0.4 is 14.5 Å². The van der Waals surface area contributed by atoms with E-state index in [0.717, 1.165) is 144 Å². The van der Waals surface area contributed by atoms with Gasteiger partial charge in [-0.05, 0) is 62.3 Å². The SMILES string of the molecule is CCCCC1CCCCC(CN2CCOCC2)(c2cc3c4c(cnc3[nH]2)CN(c2c(F)c(O)cc(OC)c2F)C(=O)N4CC)C(CC)CCCCCCCCC[C@@]1(C)[C@H]1O[C@@H](C(=O)O)[C@H](O)[C@@H](O)[C@@H]1O. The van der Waals surface area contributed by atoms with Crippen LogP contribution in [0.2, 0.25) is 0 Å². The lowest BCUT2D eigenvalue weighted by molar-refractivity contribution is -0.257. The molecule has 1 aromatic carbocycles. The van der Waals surface area contributed by atoms with Gasteiger partial charge in [-0.2, -0.15) is 0 Å². The highest BCUT2D eigenvalue weighted by Gasteiger charge is 2.55. The molecule has 2 saturated heterocycles. The zero-order valence-electron chi connectivity index (χ0n) is 42.1. The maximum absolute atomic E-state index is 15.8. The lowest BCUT2D eigenvalue weighted by Crippen LogP contribution is -2.64. The second kappa shape index (κ2) is 23.6. The summed E-state index contributed by atoms with van der Waals surface area (Å²) in [6.45, 7) is 11.9. The maximum atomic E-state index is 15.8. The Balaban J connectivity index is 1.30. The number of aromatic hydroxyl groups is 1. The molecule has 4 aliphatic rings. The number of carbonyl (C=O) groups excluding carboxylic acids is 1. The highest BCUT2D eigenvalue weighted by molar-refractivity contribution is 6.11. The van der Waals surface area contributed by atoms with Crippen molar-refractivity contribution in [2.75, 3.05) is 56.3 Å². The van der Waals surface area contributed by atoms with Crippen molar-refractivity contribution in [2.45, 2.75) is 179 Å². The van der Waals surface area contributed by atoms with Crippen LogP contribution in [0.3, 0.4) is 0 Å². The zero-order chi connectivity index (χ0) is 50.3. The van der Waals surface area contributed by atoms with Crippen LogP contribution in [0.15, 0.2) is 18.3 Å². The number of phenols is 1. The van der Waals surface area contributed by atoms with Crippen molar-refractivity contribution in [2.24, 2.45) is 17.3 Å². The zero-order valence-corrected chi connectivity index (χ0v) is 42.1. The first kappa shape index (κ1) is 53.7. The van der Waals surface area contributed by atoms with E-state index < -0.39 is 82.2 Å². The fourth-order valence-corrected chi connectivity index (χ4v) is 12.7. The highest BCUT2D eigenvalue weighted by atomic mass is 19.1. The van der Waals surface area contributed by atoms with Gasteiger partial charge in [0.15, 0.2) is 29.2 Å². The van der Waals surface area contributed by atoms with E-state index in [2.05, 4.69) is 36.7 Å². The molecule has 6 N–H and O–H groups in total. The Morgan fingerprint density at radius 2 is 1.57 bits per heavy atom. The van der Waals surface area contributed by atoms with Crippen LogP contribution in [0, 0.1) is 28.9 Å². The van der Waals surface area contributed by atoms with E-state index in [4.69, 9.17) is 19.2 Å². The predicted molar refractivity (Wildman–Crippen MR) is 263 cm³/mol. The van der Waals surface area contributed by atoms with Gasteiger partial charge >= 0.3 is 12.0 Å². The van der Waals surface area contributed by atoms with Crippen LogP contribution in [0.25, 0.3) is 11.0 Å². The number of hydrogen-bond acceptors (Lipinski definition) is 11. The van der Waals surface area contributed by atoms with Crippen LogP contribution in [0.5, 0.6) is 11.5 Å². The second-order valence-electron chi connectivity index (χ2n) is 20.8. The number of carbonyl (C=O) groups is 2. The summed E-state index contributed by atoms with van der Waals surface area (Å²) in [5.74, 6) is -4.67. The molecule has 390 valence electrons. The van der Waals surface area contributed by atoms with E-state index in [0.29, 0.717) is 36.5 Å². The molecule has 9 atom stereocenters. The molecule has 1 aliphatic carbocycles. The van der Waals surface area contributed by atoms with E-state index in [1.807, 2.05) is 6.92 Å². The van der Waals surface area contributed by atoms with Gasteiger partial charge in [0.05, 0.1) is 38.7 Å². The third-order valence-electron chi connectivity index (χ3n) is 16.7. The summed E-state index contributed by atoms with van der Waals surface area (Å²) in [5, 5.41) is 54.7. The number of carboxylic acids is 1. The number of halogens is 2. The fraction of sp³-hybridized carbons (Fsp3) is 0.717. The summed E-state index contributed by atoms with van der Waals surface area (Å²) in [6, 6.07) is 2.37. The number of aromatic amines is 1. The molecule has 3 fully saturated rings. The monoisotopic (exact) mass is 984 g/mol. The number of aliphatic hydroxyl groups excluding tert-OH is 3. The fourth-order valence-electron chi connectivity index (χ4n) is 12.7. The van der Waals surface area contributed by atoms with E-state index in [1.165, 1.54) is 12.0 Å². The summed E-state index contributed by atoms with van der Waals surface area (Å²) < 4.78 is 48.6. The molecule has 0 spiro atoms. The molecule has 2 amide bonds. The van der Waals surface area contributed by atoms with Gasteiger partial charge in [-0.25, -0.2) is 23.4 Å². The minimum absolute atomic E-state index is 0.0269. The highest BCUT2D eigenvalue weighted by Crippen LogP contribution is 2.50. The molecule has 70 heavy (non-hydrogen) atoms. The maximum Gasteiger partial charge on any atom is 0.335 e. The van der Waals surface area contributed by atoms with Crippen LogP contribution >= 0.6 is 0 Å². The number of anilines is 2. The summed E-state index contributed by atoms with van der Waals surface area (Å²) >= 11 is 0. The Hall–Kier alpha value is -4.13. The number of rotatable bonds is 12. The molecule has 2 aromatic heterocycles. The predicted octanol–water partition coefficient (Wildman–Crippen LogP) is 8.95. The number of nitrogens with zero attached hydrogens (tertiary/aromatic N) is 4. The van der Waals surface area contributed by atoms with Crippen LogP contribution in [0.4, 0.5) is 25.0 Å². The van der Waals surface area contributed by atoms with Gasteiger partial charge in [0, 0.05) is 60.5 Å². The molecule has 7 rings (SSSR count). The van der Waals surface area contributed by atoms with Crippen LogP contribution in [0.1, 0.15) is 148 Å². The Bertz CT molecular complexity index is 2240. The molecule has 3 unspecified atom stereocenters. The van der Waals surface area contributed by atoms with Crippen LogP contribution in [-0.4, -0.2) is 129 Å². The average Bonchev–Trinajstić information content (AvgIpc) is 3.80. The number of aliphatic carboxylic acids is 1. The number of aromatic nitrogens is 2. The first-order valence-electron chi connectivity index (χ1n) is 26.2. The number of urea groups is 1. The van der Waals surface area contributed by atoms with Crippen molar-refractivity contribution in [3.8, 4) is 11.5 Å². The third-order valence-corrected chi connectivity index (χ3v) is 16.7. The first-order valence-corrected chi connectivity index (χ1v) is 26.2. The molecule has 0 radical (unpaired) electrons. The minimum Gasteiger partial charge on any atom is -0.505 e. The quantitative estimate of drug-likeness (QED) is 0.101. The second-order valence-corrected chi connectivity index (χ2v) is 20.8. The van der Waals surface area contributed by atoms with Gasteiger partial charge in [0.1, 0.15) is 29.6 Å². The number of hydrogen-bond donors (Lipinski definition) is 6. The molecule has 17 heteroatoms. The topological polar surface area (TPSA) is 201 Å².